The molecule has 13 rings (SSSR count). The summed E-state index contributed by atoms with van der Waals surface area (Å²) in [5.41, 5.74) is 0.920. The first-order valence-electron chi connectivity index (χ1n) is 27.6. The Kier molecular flexibility index (Phi) is 19.1. The van der Waals surface area contributed by atoms with Crippen molar-refractivity contribution in [3.8, 4) is 0 Å². The van der Waals surface area contributed by atoms with E-state index in [4.69, 9.17) is 14.0 Å². The van der Waals surface area contributed by atoms with Crippen LogP contribution in [-0.2, 0) is 55.7 Å². The van der Waals surface area contributed by atoms with Gasteiger partial charge in [0.2, 0.25) is 5.78 Å². The third kappa shape index (κ3) is 15.0. The van der Waals surface area contributed by atoms with Gasteiger partial charge in [0.15, 0.2) is 33.2 Å². The van der Waals surface area contributed by atoms with E-state index in [0.29, 0.717) is 60.6 Å². The summed E-state index contributed by atoms with van der Waals surface area (Å²) in [6, 6.07) is 40.2. The van der Waals surface area contributed by atoms with Gasteiger partial charge in [-0.3, -0.25) is 18.9 Å². The highest BCUT2D eigenvalue weighted by Crippen LogP contribution is 2.61. The molecule has 1 aliphatic heterocycles. The lowest BCUT2D eigenvalue weighted by Gasteiger charge is -2.55. The molecule has 9 fully saturated rings. The van der Waals surface area contributed by atoms with Gasteiger partial charge in [-0.25, -0.2) is 8.78 Å². The summed E-state index contributed by atoms with van der Waals surface area (Å²) in [6.07, 6.45) is 11.5. The van der Waals surface area contributed by atoms with Crippen LogP contribution in [0.15, 0.2) is 130 Å². The van der Waals surface area contributed by atoms with Crippen molar-refractivity contribution < 1.29 is 59.1 Å². The van der Waals surface area contributed by atoms with Gasteiger partial charge in [0, 0.05) is 28.8 Å². The number of ketones is 1. The molecule has 0 spiro atoms. The number of Topliss-reactive ketones (excluding diaryl/α,β-unsaturated/α-hetero) is 1. The molecule has 0 radical (unpaired) electrons. The quantitative estimate of drug-likeness (QED) is 0.0457. The van der Waals surface area contributed by atoms with Crippen LogP contribution < -0.4 is 0 Å². The SMILES string of the molecule is CC(F)(F)COC(=O)C12CC3CC(CC(C3)C1)C2.Cc1ccc(C(=O)C([S+]2CCOCC2)C(C)(C)C)cc1.O=C(OCC(F)(F)S(=O)(=O)O)C12CC3CC(CC(C3)C1)C2.c1ccc([S+](c2ccccc2)c2ccccc2)cc1. The van der Waals surface area contributed by atoms with Crippen LogP contribution >= 0.6 is 0 Å². The predicted octanol–water partition coefficient (Wildman–Crippen LogP) is 13.7. The zero-order valence-electron chi connectivity index (χ0n) is 45.7. The highest BCUT2D eigenvalue weighted by atomic mass is 32.2. The molecule has 9 aliphatic rings. The second-order valence-electron chi connectivity index (χ2n) is 24.5. The van der Waals surface area contributed by atoms with Crippen molar-refractivity contribution >= 4 is 49.6 Å². The minimum Gasteiger partial charge on any atom is -0.459 e. The average Bonchev–Trinajstić information content (AvgIpc) is 3.44. The molecule has 1 unspecified atom stereocenters. The number of halogens is 4. The highest BCUT2D eigenvalue weighted by Gasteiger charge is 2.58. The van der Waals surface area contributed by atoms with Crippen molar-refractivity contribution in [2.75, 3.05) is 37.9 Å². The number of carbonyl (C=O) groups is 3. The summed E-state index contributed by atoms with van der Waals surface area (Å²) in [5.74, 6) is 1.60. The Labute approximate surface area is 465 Å². The van der Waals surface area contributed by atoms with Gasteiger partial charge in [-0.1, -0.05) is 105 Å². The van der Waals surface area contributed by atoms with Crippen molar-refractivity contribution in [2.24, 2.45) is 51.8 Å². The fourth-order valence-corrected chi connectivity index (χ4v) is 19.3. The summed E-state index contributed by atoms with van der Waals surface area (Å²) in [5, 5.41) is -4.35. The largest absolute Gasteiger partial charge is 0.459 e. The number of hydrogen-bond donors (Lipinski definition) is 1. The van der Waals surface area contributed by atoms with Crippen LogP contribution in [0.2, 0.25) is 0 Å². The van der Waals surface area contributed by atoms with Crippen molar-refractivity contribution in [1.29, 1.82) is 0 Å². The van der Waals surface area contributed by atoms with Crippen molar-refractivity contribution in [1.82, 2.24) is 0 Å². The molecule has 16 heteroatoms. The Morgan fingerprint density at radius 3 is 1.27 bits per heavy atom. The summed E-state index contributed by atoms with van der Waals surface area (Å²) in [4.78, 5) is 41.5. The number of hydrogen-bond acceptors (Lipinski definition) is 8. The second kappa shape index (κ2) is 24.9. The fourth-order valence-electron chi connectivity index (χ4n) is 14.2. The van der Waals surface area contributed by atoms with E-state index in [0.717, 1.165) is 75.7 Å². The molecular formula is C62H78F4O9S3+2. The average molecular weight is 1140 g/mol. The molecular weight excluding hydrogens is 1060 g/mol. The molecule has 8 bridgehead atoms. The van der Waals surface area contributed by atoms with Crippen molar-refractivity contribution in [3.63, 3.8) is 0 Å². The molecule has 1 atom stereocenters. The number of rotatable bonds is 13. The maximum Gasteiger partial charge on any atom is 0.402 e. The molecule has 4 aromatic rings. The molecule has 424 valence electrons. The Bertz CT molecular complexity index is 2580. The third-order valence-electron chi connectivity index (χ3n) is 16.8. The lowest BCUT2D eigenvalue weighted by atomic mass is 9.49. The topological polar surface area (TPSA) is 133 Å². The normalized spacial score (nSPS) is 27.5. The number of benzene rings is 4. The maximum atomic E-state index is 13.1. The molecule has 1 N–H and O–H groups in total. The van der Waals surface area contributed by atoms with E-state index >= 15 is 0 Å². The first kappa shape index (κ1) is 59.9. The minimum atomic E-state index is -5.56. The molecule has 0 amide bonds. The summed E-state index contributed by atoms with van der Waals surface area (Å²) in [7, 11) is -5.44. The standard InChI is InChI=1S/C18H15S.C17H25O2S.C14H20F2O2.C13H18F2O5S/c1-4-10-16(11-5-1)19(17-12-6-2-7-13-17)18-14-8-3-9-15-18;1-13-5-7-14(8-6-13)15(18)16(17(2,3)4)20-11-9-19-10-12-20;1-13(15,16)8-18-12(17)14-5-9-2-10(6-14)4-11(3-9)7-14;14-13(15,21(17,18)19)7-20-11(16)12-4-8-1-9(5-12)3-10(2-8)6-12/h1-15H;5-8,16H,9-12H2,1-4H3;9-11H,2-8H2,1H3;8-10H,1-7H2,(H,17,18,19)/q2*+1;;. The van der Waals surface area contributed by atoms with E-state index in [2.05, 4.69) is 123 Å². The van der Waals surface area contributed by atoms with Crippen LogP contribution in [0, 0.1) is 58.7 Å². The van der Waals surface area contributed by atoms with E-state index < -0.39 is 51.3 Å². The molecule has 1 heterocycles. The van der Waals surface area contributed by atoms with Crippen LogP contribution in [0.25, 0.3) is 0 Å². The van der Waals surface area contributed by atoms with Gasteiger partial charge in [-0.05, 0) is 156 Å². The van der Waals surface area contributed by atoms with Gasteiger partial charge >= 0.3 is 27.3 Å². The van der Waals surface area contributed by atoms with Crippen LogP contribution in [0.4, 0.5) is 17.6 Å². The zero-order valence-corrected chi connectivity index (χ0v) is 48.1. The van der Waals surface area contributed by atoms with Gasteiger partial charge in [0.05, 0.1) is 34.9 Å². The Morgan fingerprint density at radius 2 is 0.949 bits per heavy atom. The lowest BCUT2D eigenvalue weighted by molar-refractivity contribution is -0.180. The van der Waals surface area contributed by atoms with Gasteiger partial charge in [0.25, 0.3) is 5.92 Å². The summed E-state index contributed by atoms with van der Waals surface area (Å²) in [6.45, 7) is 8.62. The number of carbonyl (C=O) groups excluding carboxylic acids is 3. The lowest BCUT2D eigenvalue weighted by Crippen LogP contribution is -2.51. The van der Waals surface area contributed by atoms with E-state index in [1.54, 1.807) is 0 Å². The van der Waals surface area contributed by atoms with Crippen LogP contribution in [0.1, 0.15) is 121 Å². The van der Waals surface area contributed by atoms with Crippen molar-refractivity contribution in [3.05, 3.63) is 126 Å². The molecule has 8 saturated carbocycles. The molecule has 4 aromatic carbocycles. The molecule has 1 saturated heterocycles. The van der Waals surface area contributed by atoms with Gasteiger partial charge in [0.1, 0.15) is 11.5 Å². The second-order valence-corrected chi connectivity index (χ2v) is 30.4. The highest BCUT2D eigenvalue weighted by molar-refractivity contribution is 7.98. The molecule has 8 aliphatic carbocycles. The smallest absolute Gasteiger partial charge is 0.402 e. The van der Waals surface area contributed by atoms with E-state index in [1.807, 2.05) is 24.3 Å². The number of ether oxygens (including phenoxy) is 3. The first-order valence-corrected chi connectivity index (χ1v) is 31.9. The Balaban J connectivity index is 0.000000137. The molecule has 78 heavy (non-hydrogen) atoms. The van der Waals surface area contributed by atoms with Crippen LogP contribution in [-0.4, -0.2) is 85.1 Å². The third-order valence-corrected chi connectivity index (χ3v) is 22.8. The monoisotopic (exact) mass is 1140 g/mol. The molecule has 0 aromatic heterocycles. The van der Waals surface area contributed by atoms with E-state index in [9.17, 15) is 40.4 Å². The first-order chi connectivity index (χ1) is 36.8. The van der Waals surface area contributed by atoms with Crippen LogP contribution in [0.3, 0.4) is 0 Å². The summed E-state index contributed by atoms with van der Waals surface area (Å²) >= 11 is 0. The summed E-state index contributed by atoms with van der Waals surface area (Å²) < 4.78 is 96.3. The number of esters is 2. The van der Waals surface area contributed by atoms with Crippen molar-refractivity contribution in [2.45, 2.75) is 143 Å². The van der Waals surface area contributed by atoms with E-state index in [-0.39, 0.29) is 38.4 Å². The number of alkyl halides is 4. The van der Waals surface area contributed by atoms with Gasteiger partial charge in [-0.15, -0.1) is 0 Å². The van der Waals surface area contributed by atoms with Crippen LogP contribution in [0.5, 0.6) is 0 Å². The maximum absolute atomic E-state index is 13.1. The Morgan fingerprint density at radius 1 is 0.603 bits per heavy atom. The van der Waals surface area contributed by atoms with Gasteiger partial charge in [-0.2, -0.15) is 17.2 Å². The Hall–Kier alpha value is -4.22. The molecule has 9 nitrogen and oxygen atoms in total. The number of aryl methyl sites for hydroxylation is 1. The van der Waals surface area contributed by atoms with Gasteiger partial charge < -0.3 is 14.2 Å². The predicted molar refractivity (Wildman–Crippen MR) is 298 cm³/mol. The van der Waals surface area contributed by atoms with E-state index in [1.165, 1.54) is 39.5 Å². The zero-order chi connectivity index (χ0) is 56.1. The fraction of sp³-hybridized carbons (Fsp3) is 0.565. The minimum absolute atomic E-state index is 0.00240.